The average molecular weight is 514 g/mol. The number of alkyl halides is 3. The highest BCUT2D eigenvalue weighted by Crippen LogP contribution is 2.34. The lowest BCUT2D eigenvalue weighted by Gasteiger charge is -2.16. The Labute approximate surface area is 209 Å². The monoisotopic (exact) mass is 513 g/mol. The van der Waals surface area contributed by atoms with Crippen LogP contribution in [-0.2, 0) is 12.7 Å². The maximum Gasteiger partial charge on any atom is 0.416 e. The van der Waals surface area contributed by atoms with Gasteiger partial charge in [-0.1, -0.05) is 30.3 Å². The molecule has 36 heavy (non-hydrogen) atoms. The minimum absolute atomic E-state index is 0.111. The second-order valence-corrected chi connectivity index (χ2v) is 8.88. The van der Waals surface area contributed by atoms with Crippen molar-refractivity contribution in [3.8, 4) is 27.8 Å². The third-order valence-electron chi connectivity index (χ3n) is 5.49. The van der Waals surface area contributed by atoms with Crippen molar-refractivity contribution in [3.63, 3.8) is 0 Å². The highest BCUT2D eigenvalue weighted by Gasteiger charge is 2.31. The highest BCUT2D eigenvalue weighted by atomic mass is 32.1. The van der Waals surface area contributed by atoms with E-state index in [2.05, 4.69) is 20.3 Å². The Morgan fingerprint density at radius 3 is 2.56 bits per heavy atom. The summed E-state index contributed by atoms with van der Waals surface area (Å²) in [5.74, 6) is -0.306. The quantitative estimate of drug-likeness (QED) is 0.350. The van der Waals surface area contributed by atoms with Crippen LogP contribution in [0.15, 0.2) is 60.9 Å². The van der Waals surface area contributed by atoms with Crippen LogP contribution < -0.4 is 15.8 Å². The number of methoxy groups -OCH3 is 1. The standard InChI is InChI=1S/C25H22F3N5O2S/c1-14(32-22(34)21-13-31-23(36-21)20-9-10-30-24(33-20)35-2)15-3-5-16(6-4-15)19-11-18(25(26,27)28)8-7-17(19)12-29/h3-11,13-14H,12,29H2,1-2H3,(H,32,34)/t14-/m1/s1. The van der Waals surface area contributed by atoms with Crippen molar-refractivity contribution in [2.45, 2.75) is 25.7 Å². The average Bonchev–Trinajstić information content (AvgIpc) is 3.38. The Hall–Kier alpha value is -3.83. The Balaban J connectivity index is 1.49. The lowest BCUT2D eigenvalue weighted by Crippen LogP contribution is -2.25. The SMILES string of the molecule is COc1nccc(-c2ncc(C(=O)N[C@H](C)c3ccc(-c4cc(C(F)(F)F)ccc4CN)cc3)s2)n1. The van der Waals surface area contributed by atoms with Crippen molar-refractivity contribution in [2.75, 3.05) is 7.11 Å². The van der Waals surface area contributed by atoms with Gasteiger partial charge in [0.15, 0.2) is 0 Å². The van der Waals surface area contributed by atoms with Gasteiger partial charge in [-0.2, -0.15) is 18.2 Å². The summed E-state index contributed by atoms with van der Waals surface area (Å²) in [6.45, 7) is 1.93. The highest BCUT2D eigenvalue weighted by molar-refractivity contribution is 7.16. The van der Waals surface area contributed by atoms with Crippen LogP contribution in [0, 0.1) is 0 Å². The molecule has 186 valence electrons. The van der Waals surface area contributed by atoms with Crippen LogP contribution in [0.1, 0.15) is 39.3 Å². The molecule has 11 heteroatoms. The number of amides is 1. The first-order valence-electron chi connectivity index (χ1n) is 10.8. The molecule has 2 heterocycles. The number of carbonyl (C=O) groups is 1. The fraction of sp³-hybridized carbons (Fsp3) is 0.200. The van der Waals surface area contributed by atoms with Gasteiger partial charge in [-0.25, -0.2) is 9.97 Å². The van der Waals surface area contributed by atoms with Gasteiger partial charge >= 0.3 is 12.2 Å². The molecule has 0 radical (unpaired) electrons. The maximum atomic E-state index is 13.2. The van der Waals surface area contributed by atoms with E-state index < -0.39 is 11.7 Å². The summed E-state index contributed by atoms with van der Waals surface area (Å²) < 4.78 is 44.6. The van der Waals surface area contributed by atoms with E-state index in [0.717, 1.165) is 17.7 Å². The van der Waals surface area contributed by atoms with Gasteiger partial charge in [-0.05, 0) is 47.4 Å². The number of thiazole rings is 1. The van der Waals surface area contributed by atoms with E-state index in [0.29, 0.717) is 32.3 Å². The van der Waals surface area contributed by atoms with E-state index in [1.54, 1.807) is 36.5 Å². The summed E-state index contributed by atoms with van der Waals surface area (Å²) in [4.78, 5) is 25.6. The summed E-state index contributed by atoms with van der Waals surface area (Å²) in [5.41, 5.74) is 7.99. The molecule has 2 aromatic heterocycles. The normalized spacial score (nSPS) is 12.3. The molecule has 0 fully saturated rings. The van der Waals surface area contributed by atoms with Crippen molar-refractivity contribution in [2.24, 2.45) is 5.73 Å². The number of hydrogen-bond donors (Lipinski definition) is 2. The smallest absolute Gasteiger partial charge is 0.416 e. The second-order valence-electron chi connectivity index (χ2n) is 7.85. The zero-order valence-electron chi connectivity index (χ0n) is 19.3. The first-order chi connectivity index (χ1) is 17.2. The minimum Gasteiger partial charge on any atom is -0.467 e. The molecular formula is C25H22F3N5O2S. The molecule has 4 aromatic rings. The van der Waals surface area contributed by atoms with Gasteiger partial charge in [0, 0.05) is 12.7 Å². The molecule has 7 nitrogen and oxygen atoms in total. The number of nitrogens with zero attached hydrogens (tertiary/aromatic N) is 3. The predicted molar refractivity (Wildman–Crippen MR) is 130 cm³/mol. The molecule has 0 spiro atoms. The van der Waals surface area contributed by atoms with Crippen molar-refractivity contribution in [1.82, 2.24) is 20.3 Å². The van der Waals surface area contributed by atoms with E-state index in [9.17, 15) is 18.0 Å². The molecule has 1 amide bonds. The second kappa shape index (κ2) is 10.4. The number of rotatable bonds is 7. The van der Waals surface area contributed by atoms with Gasteiger partial charge in [-0.15, -0.1) is 11.3 Å². The van der Waals surface area contributed by atoms with Gasteiger partial charge in [-0.3, -0.25) is 4.79 Å². The van der Waals surface area contributed by atoms with Gasteiger partial charge in [0.05, 0.1) is 24.9 Å². The fourth-order valence-electron chi connectivity index (χ4n) is 3.56. The van der Waals surface area contributed by atoms with Crippen LogP contribution in [0.2, 0.25) is 0 Å². The molecule has 0 saturated carbocycles. The Bertz CT molecular complexity index is 1370. The van der Waals surface area contributed by atoms with E-state index >= 15 is 0 Å². The van der Waals surface area contributed by atoms with E-state index in [4.69, 9.17) is 10.5 Å². The zero-order valence-corrected chi connectivity index (χ0v) is 20.2. The van der Waals surface area contributed by atoms with Crippen molar-refractivity contribution in [1.29, 1.82) is 0 Å². The lowest BCUT2D eigenvalue weighted by molar-refractivity contribution is -0.137. The Morgan fingerprint density at radius 1 is 1.14 bits per heavy atom. The largest absolute Gasteiger partial charge is 0.467 e. The third kappa shape index (κ3) is 5.52. The van der Waals surface area contributed by atoms with Gasteiger partial charge < -0.3 is 15.8 Å². The first-order valence-corrected chi connectivity index (χ1v) is 11.7. The number of nitrogens with two attached hydrogens (primary N) is 1. The van der Waals surface area contributed by atoms with E-state index in [-0.39, 0.29) is 24.5 Å². The van der Waals surface area contributed by atoms with Crippen LogP contribution in [-0.4, -0.2) is 28.0 Å². The number of aromatic nitrogens is 3. The van der Waals surface area contributed by atoms with Gasteiger partial charge in [0.2, 0.25) is 0 Å². The molecule has 2 aromatic carbocycles. The summed E-state index contributed by atoms with van der Waals surface area (Å²) in [7, 11) is 1.46. The zero-order chi connectivity index (χ0) is 25.9. The van der Waals surface area contributed by atoms with Crippen molar-refractivity contribution < 1.29 is 22.7 Å². The van der Waals surface area contributed by atoms with Gasteiger partial charge in [0.25, 0.3) is 5.91 Å². The summed E-state index contributed by atoms with van der Waals surface area (Å²) >= 11 is 1.18. The molecule has 0 bridgehead atoms. The van der Waals surface area contributed by atoms with E-state index in [1.165, 1.54) is 30.7 Å². The molecule has 0 aliphatic rings. The van der Waals surface area contributed by atoms with Crippen LogP contribution in [0.3, 0.4) is 0 Å². The van der Waals surface area contributed by atoms with Crippen LogP contribution in [0.4, 0.5) is 13.2 Å². The summed E-state index contributed by atoms with van der Waals surface area (Å²) in [6, 6.07) is 12.0. The first kappa shape index (κ1) is 25.3. The molecular weight excluding hydrogens is 491 g/mol. The minimum atomic E-state index is -4.45. The molecule has 0 aliphatic carbocycles. The summed E-state index contributed by atoms with van der Waals surface area (Å²) in [5, 5.41) is 3.47. The fourth-order valence-corrected chi connectivity index (χ4v) is 4.35. The van der Waals surface area contributed by atoms with Crippen LogP contribution >= 0.6 is 11.3 Å². The van der Waals surface area contributed by atoms with E-state index in [1.807, 2.05) is 6.92 Å². The molecule has 3 N–H and O–H groups in total. The summed E-state index contributed by atoms with van der Waals surface area (Å²) in [6.07, 6.45) is -1.43. The molecule has 1 atom stereocenters. The number of halogens is 3. The van der Waals surface area contributed by atoms with Crippen molar-refractivity contribution in [3.05, 3.63) is 82.5 Å². The Kier molecular flexibility index (Phi) is 7.32. The number of nitrogens with one attached hydrogen (secondary N) is 1. The number of hydrogen-bond acceptors (Lipinski definition) is 7. The molecule has 0 aliphatic heterocycles. The van der Waals surface area contributed by atoms with Gasteiger partial charge in [0.1, 0.15) is 15.6 Å². The molecule has 0 unspecified atom stereocenters. The molecule has 0 saturated heterocycles. The third-order valence-corrected chi connectivity index (χ3v) is 6.51. The van der Waals surface area contributed by atoms with Crippen LogP contribution in [0.25, 0.3) is 21.8 Å². The predicted octanol–water partition coefficient (Wildman–Crippen LogP) is 5.24. The van der Waals surface area contributed by atoms with Crippen LogP contribution in [0.5, 0.6) is 6.01 Å². The number of carbonyl (C=O) groups excluding carboxylic acids is 1. The number of ether oxygens (including phenoxy) is 1. The lowest BCUT2D eigenvalue weighted by atomic mass is 9.95. The topological polar surface area (TPSA) is 103 Å². The Morgan fingerprint density at radius 2 is 1.89 bits per heavy atom. The number of benzene rings is 2. The molecule has 4 rings (SSSR count). The van der Waals surface area contributed by atoms with Crippen molar-refractivity contribution >= 4 is 17.2 Å². The maximum absolute atomic E-state index is 13.2.